The number of amides is 1. The van der Waals surface area contributed by atoms with Crippen LogP contribution in [0.3, 0.4) is 0 Å². The second kappa shape index (κ2) is 10.7. The lowest BCUT2D eigenvalue weighted by atomic mass is 9.95. The summed E-state index contributed by atoms with van der Waals surface area (Å²) in [5, 5.41) is 5.59. The minimum Gasteiger partial charge on any atom is -0.381 e. The van der Waals surface area contributed by atoms with E-state index in [1.54, 1.807) is 6.20 Å². The smallest absolute Gasteiger partial charge is 0.274 e. The van der Waals surface area contributed by atoms with Crippen molar-refractivity contribution in [2.24, 2.45) is 5.92 Å². The second-order valence-electron chi connectivity index (χ2n) is 10.3. The molecular weight excluding hydrogens is 478 g/mol. The first-order valence-corrected chi connectivity index (χ1v) is 14.6. The van der Waals surface area contributed by atoms with Crippen molar-refractivity contribution in [3.05, 3.63) is 29.6 Å². The van der Waals surface area contributed by atoms with Crippen LogP contribution in [0.25, 0.3) is 11.3 Å². The van der Waals surface area contributed by atoms with Gasteiger partial charge in [-0.1, -0.05) is 0 Å². The lowest BCUT2D eigenvalue weighted by Gasteiger charge is -2.35. The SMILES string of the molecule is O=C(c1nn([C@@H]2CCCN(CCC3CCOCC3)C2)c2c1CS(=O)c1ncccc1-2)N1CCOCC1. The largest absolute Gasteiger partial charge is 0.381 e. The monoisotopic (exact) mass is 513 g/mol. The molecule has 2 aromatic rings. The van der Waals surface area contributed by atoms with Gasteiger partial charge in [-0.3, -0.25) is 13.7 Å². The molecule has 1 amide bonds. The van der Waals surface area contributed by atoms with Gasteiger partial charge in [-0.15, -0.1) is 0 Å². The summed E-state index contributed by atoms with van der Waals surface area (Å²) in [6.45, 7) is 7.09. The van der Waals surface area contributed by atoms with E-state index in [4.69, 9.17) is 14.6 Å². The standard InChI is InChI=1S/C26H35N5O4S/c32-26(30-11-15-35-16-12-30)23-22-18-36(33)25-21(4-1-8-27-25)24(22)31(28-23)20-3-2-9-29(17-20)10-5-19-6-13-34-14-7-19/h1,4,8,19-20H,2-3,5-7,9-18H2/t20-,36?/m1/s1. The van der Waals surface area contributed by atoms with E-state index in [9.17, 15) is 9.00 Å². The summed E-state index contributed by atoms with van der Waals surface area (Å²) in [5.74, 6) is 0.956. The van der Waals surface area contributed by atoms with E-state index in [1.165, 1.54) is 6.42 Å². The van der Waals surface area contributed by atoms with Crippen LogP contribution in [0, 0.1) is 5.92 Å². The lowest BCUT2D eigenvalue weighted by Crippen LogP contribution is -2.41. The molecule has 36 heavy (non-hydrogen) atoms. The van der Waals surface area contributed by atoms with E-state index in [0.717, 1.165) is 81.3 Å². The second-order valence-corrected chi connectivity index (χ2v) is 11.7. The van der Waals surface area contributed by atoms with Crippen LogP contribution in [0.2, 0.25) is 0 Å². The fourth-order valence-electron chi connectivity index (χ4n) is 6.03. The number of fused-ring (bicyclic) bond motifs is 3. The van der Waals surface area contributed by atoms with Crippen molar-refractivity contribution in [3.63, 3.8) is 0 Å². The number of hydrogen-bond donors (Lipinski definition) is 0. The topological polar surface area (TPSA) is 89.8 Å². The van der Waals surface area contributed by atoms with Crippen molar-refractivity contribution in [1.29, 1.82) is 0 Å². The Hall–Kier alpha value is -2.14. The van der Waals surface area contributed by atoms with E-state index < -0.39 is 10.8 Å². The Balaban J connectivity index is 1.30. The Bertz CT molecular complexity index is 1130. The molecule has 0 spiro atoms. The number of rotatable bonds is 5. The Labute approximate surface area is 214 Å². The molecule has 0 bridgehead atoms. The quantitative estimate of drug-likeness (QED) is 0.607. The molecule has 6 rings (SSSR count). The van der Waals surface area contributed by atoms with Gasteiger partial charge >= 0.3 is 0 Å². The zero-order valence-corrected chi connectivity index (χ0v) is 21.6. The highest BCUT2D eigenvalue weighted by molar-refractivity contribution is 7.84. The van der Waals surface area contributed by atoms with Crippen molar-refractivity contribution < 1.29 is 18.5 Å². The number of aromatic nitrogens is 3. The first-order chi connectivity index (χ1) is 17.7. The fourth-order valence-corrected chi connectivity index (χ4v) is 7.29. The van der Waals surface area contributed by atoms with Gasteiger partial charge in [0.15, 0.2) is 5.69 Å². The first-order valence-electron chi connectivity index (χ1n) is 13.3. The summed E-state index contributed by atoms with van der Waals surface area (Å²) < 4.78 is 26.2. The van der Waals surface area contributed by atoms with Crippen molar-refractivity contribution in [2.45, 2.75) is 48.9 Å². The number of hydrogen-bond acceptors (Lipinski definition) is 7. The number of ether oxygens (including phenoxy) is 2. The molecule has 4 aliphatic heterocycles. The maximum Gasteiger partial charge on any atom is 0.274 e. The molecule has 2 atom stereocenters. The van der Waals surface area contributed by atoms with Crippen molar-refractivity contribution in [1.82, 2.24) is 24.6 Å². The average Bonchev–Trinajstić information content (AvgIpc) is 3.32. The highest BCUT2D eigenvalue weighted by Crippen LogP contribution is 2.40. The van der Waals surface area contributed by atoms with Crippen LogP contribution >= 0.6 is 0 Å². The van der Waals surface area contributed by atoms with Crippen LogP contribution in [0.4, 0.5) is 0 Å². The number of morpholine rings is 1. The van der Waals surface area contributed by atoms with Crippen molar-refractivity contribution in [3.8, 4) is 11.3 Å². The molecule has 10 heteroatoms. The van der Waals surface area contributed by atoms with Crippen LogP contribution in [0.1, 0.15) is 54.2 Å². The molecule has 1 unspecified atom stereocenters. The molecule has 4 aliphatic rings. The fraction of sp³-hybridized carbons (Fsp3) is 0.654. The number of piperidine rings is 1. The lowest BCUT2D eigenvalue weighted by molar-refractivity contribution is 0.0297. The molecular formula is C26H35N5O4S. The van der Waals surface area contributed by atoms with Gasteiger partial charge in [0.2, 0.25) is 0 Å². The normalized spacial score (nSPS) is 25.4. The summed E-state index contributed by atoms with van der Waals surface area (Å²) in [6.07, 6.45) is 7.35. The molecule has 0 radical (unpaired) electrons. The number of pyridine rings is 1. The van der Waals surface area contributed by atoms with E-state index in [1.807, 2.05) is 17.0 Å². The zero-order chi connectivity index (χ0) is 24.5. The van der Waals surface area contributed by atoms with Gasteiger partial charge in [0.05, 0.1) is 41.5 Å². The molecule has 0 aromatic carbocycles. The van der Waals surface area contributed by atoms with Crippen LogP contribution < -0.4 is 0 Å². The van der Waals surface area contributed by atoms with Gasteiger partial charge in [-0.25, -0.2) is 4.98 Å². The molecule has 194 valence electrons. The van der Waals surface area contributed by atoms with Gasteiger partial charge in [0.25, 0.3) is 5.91 Å². The number of likely N-dealkylation sites (tertiary alicyclic amines) is 1. The van der Waals surface area contributed by atoms with Gasteiger partial charge < -0.3 is 19.3 Å². The Morgan fingerprint density at radius 2 is 1.89 bits per heavy atom. The van der Waals surface area contributed by atoms with Gasteiger partial charge in [-0.2, -0.15) is 5.10 Å². The third-order valence-electron chi connectivity index (χ3n) is 8.05. The van der Waals surface area contributed by atoms with Crippen LogP contribution in [-0.4, -0.2) is 93.8 Å². The van der Waals surface area contributed by atoms with E-state index in [-0.39, 0.29) is 17.7 Å². The molecule has 3 saturated heterocycles. The third kappa shape index (κ3) is 4.76. The van der Waals surface area contributed by atoms with Gasteiger partial charge in [0, 0.05) is 50.2 Å². The number of nitrogens with zero attached hydrogens (tertiary/aromatic N) is 5. The van der Waals surface area contributed by atoms with Crippen molar-refractivity contribution >= 4 is 16.7 Å². The maximum absolute atomic E-state index is 13.6. The molecule has 2 aromatic heterocycles. The minimum atomic E-state index is -1.29. The predicted molar refractivity (Wildman–Crippen MR) is 135 cm³/mol. The highest BCUT2D eigenvalue weighted by atomic mass is 32.2. The minimum absolute atomic E-state index is 0.0789. The third-order valence-corrected chi connectivity index (χ3v) is 9.36. The van der Waals surface area contributed by atoms with E-state index in [2.05, 4.69) is 14.6 Å². The summed E-state index contributed by atoms with van der Waals surface area (Å²) >= 11 is 0. The maximum atomic E-state index is 13.6. The van der Waals surface area contributed by atoms with E-state index >= 15 is 0 Å². The highest BCUT2D eigenvalue weighted by Gasteiger charge is 2.36. The molecule has 0 aliphatic carbocycles. The van der Waals surface area contributed by atoms with Crippen molar-refractivity contribution in [2.75, 3.05) is 59.2 Å². The van der Waals surface area contributed by atoms with Crippen LogP contribution in [-0.2, 0) is 26.0 Å². The first kappa shape index (κ1) is 24.2. The Morgan fingerprint density at radius 3 is 2.72 bits per heavy atom. The molecule has 6 heterocycles. The Morgan fingerprint density at radius 1 is 1.08 bits per heavy atom. The predicted octanol–water partition coefficient (Wildman–Crippen LogP) is 2.49. The van der Waals surface area contributed by atoms with Gasteiger partial charge in [0.1, 0.15) is 5.03 Å². The molecule has 9 nitrogen and oxygen atoms in total. The molecule has 0 saturated carbocycles. The average molecular weight is 514 g/mol. The number of carbonyl (C=O) groups excluding carboxylic acids is 1. The molecule has 3 fully saturated rings. The summed E-state index contributed by atoms with van der Waals surface area (Å²) in [5.41, 5.74) is 3.05. The van der Waals surface area contributed by atoms with E-state index in [0.29, 0.717) is 37.0 Å². The molecule has 0 N–H and O–H groups in total. The Kier molecular flexibility index (Phi) is 7.19. The van der Waals surface area contributed by atoms with Crippen LogP contribution in [0.5, 0.6) is 0 Å². The number of carbonyl (C=O) groups is 1. The van der Waals surface area contributed by atoms with Crippen LogP contribution in [0.15, 0.2) is 23.4 Å². The zero-order valence-electron chi connectivity index (χ0n) is 20.8. The summed E-state index contributed by atoms with van der Waals surface area (Å²) in [6, 6.07) is 4.03. The van der Waals surface area contributed by atoms with Gasteiger partial charge in [-0.05, 0) is 63.2 Å². The summed E-state index contributed by atoms with van der Waals surface area (Å²) in [4.78, 5) is 22.4. The summed E-state index contributed by atoms with van der Waals surface area (Å²) in [7, 11) is -1.29.